The SMILES string of the molecule is NCc1cc(S(=O)(=O)NCCN2CCSCC2)c(Br)s1. The third kappa shape index (κ3) is 4.43. The predicted octanol–water partition coefficient (Wildman–Crippen LogP) is 1.30. The molecule has 2 heterocycles. The Balaban J connectivity index is 1.91. The molecule has 0 aromatic carbocycles. The minimum atomic E-state index is -3.45. The van der Waals surface area contributed by atoms with E-state index in [0.717, 1.165) is 36.0 Å². The normalized spacial score (nSPS) is 17.5. The molecule has 0 radical (unpaired) electrons. The second kappa shape index (κ2) is 7.57. The number of nitrogens with zero attached hydrogens (tertiary/aromatic N) is 1. The Labute approximate surface area is 136 Å². The lowest BCUT2D eigenvalue weighted by molar-refractivity contribution is 0.307. The van der Waals surface area contributed by atoms with Crippen LogP contribution >= 0.6 is 39.0 Å². The minimum absolute atomic E-state index is 0.289. The highest BCUT2D eigenvalue weighted by molar-refractivity contribution is 9.11. The average molecular weight is 400 g/mol. The molecule has 114 valence electrons. The Hall–Kier alpha value is 0.360. The molecule has 1 aromatic heterocycles. The third-order valence-corrected chi connectivity index (χ3v) is 7.70. The fraction of sp³-hybridized carbons (Fsp3) is 0.636. The maximum Gasteiger partial charge on any atom is 0.242 e. The number of thiophene rings is 1. The maximum absolute atomic E-state index is 12.2. The lowest BCUT2D eigenvalue weighted by Gasteiger charge is -2.25. The molecule has 5 nitrogen and oxygen atoms in total. The quantitative estimate of drug-likeness (QED) is 0.753. The third-order valence-electron chi connectivity index (χ3n) is 3.02. The number of rotatable bonds is 6. The van der Waals surface area contributed by atoms with Crippen LogP contribution in [0.25, 0.3) is 0 Å². The van der Waals surface area contributed by atoms with Crippen molar-refractivity contribution in [2.45, 2.75) is 11.4 Å². The second-order valence-corrected chi connectivity index (χ2v) is 9.82. The molecule has 1 aliphatic heterocycles. The first kappa shape index (κ1) is 16.7. The number of hydrogen-bond donors (Lipinski definition) is 2. The van der Waals surface area contributed by atoms with Gasteiger partial charge in [0.2, 0.25) is 10.0 Å². The average Bonchev–Trinajstić information content (AvgIpc) is 2.82. The molecule has 9 heteroatoms. The smallest absolute Gasteiger partial charge is 0.242 e. The van der Waals surface area contributed by atoms with Gasteiger partial charge in [0.25, 0.3) is 0 Å². The van der Waals surface area contributed by atoms with Crippen molar-refractivity contribution in [3.63, 3.8) is 0 Å². The predicted molar refractivity (Wildman–Crippen MR) is 88.9 cm³/mol. The van der Waals surface area contributed by atoms with Crippen molar-refractivity contribution in [3.05, 3.63) is 14.7 Å². The molecule has 2 rings (SSSR count). The van der Waals surface area contributed by atoms with E-state index in [-0.39, 0.29) is 4.90 Å². The van der Waals surface area contributed by atoms with E-state index in [1.165, 1.54) is 11.3 Å². The van der Waals surface area contributed by atoms with Crippen LogP contribution in [-0.2, 0) is 16.6 Å². The van der Waals surface area contributed by atoms with Crippen molar-refractivity contribution in [2.24, 2.45) is 5.73 Å². The lowest BCUT2D eigenvalue weighted by atomic mass is 10.5. The fourth-order valence-electron chi connectivity index (χ4n) is 1.92. The molecule has 0 atom stereocenters. The molecule has 0 bridgehead atoms. The zero-order valence-electron chi connectivity index (χ0n) is 11.0. The van der Waals surface area contributed by atoms with E-state index in [0.29, 0.717) is 16.9 Å². The molecule has 3 N–H and O–H groups in total. The first-order valence-corrected chi connectivity index (χ1v) is 10.6. The van der Waals surface area contributed by atoms with E-state index in [1.807, 2.05) is 11.8 Å². The van der Waals surface area contributed by atoms with Gasteiger partial charge >= 0.3 is 0 Å². The van der Waals surface area contributed by atoms with Crippen LogP contribution in [0.15, 0.2) is 14.7 Å². The van der Waals surface area contributed by atoms with E-state index < -0.39 is 10.0 Å². The van der Waals surface area contributed by atoms with Crippen LogP contribution in [0.5, 0.6) is 0 Å². The van der Waals surface area contributed by atoms with Crippen LogP contribution in [0.4, 0.5) is 0 Å². The Morgan fingerprint density at radius 2 is 2.10 bits per heavy atom. The monoisotopic (exact) mass is 399 g/mol. The van der Waals surface area contributed by atoms with E-state index in [9.17, 15) is 8.42 Å². The van der Waals surface area contributed by atoms with Gasteiger partial charge in [-0.3, -0.25) is 0 Å². The Morgan fingerprint density at radius 1 is 1.40 bits per heavy atom. The number of hydrogen-bond acceptors (Lipinski definition) is 6. The van der Waals surface area contributed by atoms with Crippen LogP contribution in [0.1, 0.15) is 4.88 Å². The van der Waals surface area contributed by atoms with E-state index in [1.54, 1.807) is 6.07 Å². The molecule has 0 unspecified atom stereocenters. The summed E-state index contributed by atoms with van der Waals surface area (Å²) in [6.07, 6.45) is 0. The molecule has 0 aliphatic carbocycles. The van der Waals surface area contributed by atoms with Gasteiger partial charge in [0.15, 0.2) is 0 Å². The summed E-state index contributed by atoms with van der Waals surface area (Å²) in [7, 11) is -3.45. The number of nitrogens with two attached hydrogens (primary N) is 1. The van der Waals surface area contributed by atoms with Gasteiger partial charge in [0.1, 0.15) is 4.90 Å². The Bertz CT molecular complexity index is 541. The standard InChI is InChI=1S/C11H18BrN3O2S3/c12-11-10(7-9(8-13)19-11)20(16,17)14-1-2-15-3-5-18-6-4-15/h7,14H,1-6,8,13H2. The molecule has 1 fully saturated rings. The first-order valence-electron chi connectivity index (χ1n) is 6.31. The van der Waals surface area contributed by atoms with E-state index >= 15 is 0 Å². The summed E-state index contributed by atoms with van der Waals surface area (Å²) < 4.78 is 27.7. The van der Waals surface area contributed by atoms with Gasteiger partial charge in [0, 0.05) is 49.1 Å². The van der Waals surface area contributed by atoms with Crippen LogP contribution in [-0.4, -0.2) is 51.0 Å². The van der Waals surface area contributed by atoms with Crippen LogP contribution in [0, 0.1) is 0 Å². The summed E-state index contributed by atoms with van der Waals surface area (Å²) in [6.45, 7) is 3.61. The summed E-state index contributed by atoms with van der Waals surface area (Å²) in [4.78, 5) is 3.43. The van der Waals surface area contributed by atoms with Crippen molar-refractivity contribution >= 4 is 49.1 Å². The fourth-order valence-corrected chi connectivity index (χ4v) is 6.48. The van der Waals surface area contributed by atoms with Crippen LogP contribution in [0.2, 0.25) is 0 Å². The summed E-state index contributed by atoms with van der Waals surface area (Å²) >= 11 is 6.60. The largest absolute Gasteiger partial charge is 0.326 e. The molecule has 0 saturated carbocycles. The number of thioether (sulfide) groups is 1. The number of sulfonamides is 1. The molecule has 0 spiro atoms. The topological polar surface area (TPSA) is 75.4 Å². The van der Waals surface area contributed by atoms with Crippen molar-refractivity contribution < 1.29 is 8.42 Å². The highest BCUT2D eigenvalue weighted by atomic mass is 79.9. The van der Waals surface area contributed by atoms with Crippen LogP contribution < -0.4 is 10.5 Å². The zero-order valence-corrected chi connectivity index (χ0v) is 15.0. The molecule has 1 aromatic rings. The van der Waals surface area contributed by atoms with Crippen LogP contribution in [0.3, 0.4) is 0 Å². The Morgan fingerprint density at radius 3 is 2.70 bits per heavy atom. The number of halogens is 1. The molecule has 0 amide bonds. The van der Waals surface area contributed by atoms with Gasteiger partial charge in [-0.1, -0.05) is 0 Å². The van der Waals surface area contributed by atoms with E-state index in [2.05, 4.69) is 25.6 Å². The maximum atomic E-state index is 12.2. The van der Waals surface area contributed by atoms with Crippen molar-refractivity contribution in [1.29, 1.82) is 0 Å². The van der Waals surface area contributed by atoms with Gasteiger partial charge in [-0.25, -0.2) is 13.1 Å². The zero-order chi connectivity index (χ0) is 14.6. The summed E-state index contributed by atoms with van der Waals surface area (Å²) in [5, 5.41) is 0. The van der Waals surface area contributed by atoms with Gasteiger partial charge < -0.3 is 10.6 Å². The van der Waals surface area contributed by atoms with Gasteiger partial charge in [-0.2, -0.15) is 11.8 Å². The molecular weight excluding hydrogens is 382 g/mol. The second-order valence-electron chi connectivity index (χ2n) is 4.41. The van der Waals surface area contributed by atoms with Gasteiger partial charge in [-0.15, -0.1) is 11.3 Å². The van der Waals surface area contributed by atoms with Gasteiger partial charge in [0.05, 0.1) is 3.79 Å². The summed E-state index contributed by atoms with van der Waals surface area (Å²) in [5.41, 5.74) is 5.54. The van der Waals surface area contributed by atoms with E-state index in [4.69, 9.17) is 5.73 Å². The molecule has 1 aliphatic rings. The van der Waals surface area contributed by atoms with Crippen molar-refractivity contribution in [2.75, 3.05) is 37.7 Å². The summed E-state index contributed by atoms with van der Waals surface area (Å²) in [6, 6.07) is 1.63. The molecule has 20 heavy (non-hydrogen) atoms. The molecular formula is C11H18BrN3O2S3. The number of nitrogens with one attached hydrogen (secondary N) is 1. The lowest BCUT2D eigenvalue weighted by Crippen LogP contribution is -2.39. The van der Waals surface area contributed by atoms with Crippen molar-refractivity contribution in [1.82, 2.24) is 9.62 Å². The highest BCUT2D eigenvalue weighted by Gasteiger charge is 2.20. The summed E-state index contributed by atoms with van der Waals surface area (Å²) in [5.74, 6) is 2.26. The first-order chi connectivity index (χ1) is 9.53. The minimum Gasteiger partial charge on any atom is -0.326 e. The van der Waals surface area contributed by atoms with Gasteiger partial charge in [-0.05, 0) is 22.0 Å². The Kier molecular flexibility index (Phi) is 6.33. The molecule has 1 saturated heterocycles. The highest BCUT2D eigenvalue weighted by Crippen LogP contribution is 2.31. The van der Waals surface area contributed by atoms with Crippen molar-refractivity contribution in [3.8, 4) is 0 Å².